The molecule has 3 N–H and O–H groups in total. The number of nitrogens with one attached hydrogen (secondary N) is 2. The summed E-state index contributed by atoms with van der Waals surface area (Å²) in [5, 5.41) is 12.4. The van der Waals surface area contributed by atoms with Crippen molar-refractivity contribution in [2.75, 3.05) is 0 Å². The second-order valence-corrected chi connectivity index (χ2v) is 5.37. The summed E-state index contributed by atoms with van der Waals surface area (Å²) < 4.78 is 13.6. The minimum atomic E-state index is -0.967. The number of aromatic carboxylic acids is 1. The summed E-state index contributed by atoms with van der Waals surface area (Å²) in [6.45, 7) is 0.426. The molecule has 0 aliphatic rings. The molecule has 0 saturated heterocycles. The van der Waals surface area contributed by atoms with Gasteiger partial charge in [0, 0.05) is 12.7 Å². The van der Waals surface area contributed by atoms with E-state index in [4.69, 9.17) is 5.11 Å². The van der Waals surface area contributed by atoms with Crippen LogP contribution in [0.4, 0.5) is 4.39 Å². The molecule has 6 heteroatoms. The molecule has 0 spiro atoms. The maximum Gasteiger partial charge on any atom is 0.335 e. The predicted octanol–water partition coefficient (Wildman–Crippen LogP) is 3.13. The van der Waals surface area contributed by atoms with E-state index in [2.05, 4.69) is 15.3 Å². The average Bonchev–Trinajstić information content (AvgIpc) is 3.10. The Balaban J connectivity index is 1.83. The van der Waals surface area contributed by atoms with Crippen LogP contribution in [0.25, 0.3) is 0 Å². The van der Waals surface area contributed by atoms with Crippen LogP contribution in [0.3, 0.4) is 0 Å². The molecule has 24 heavy (non-hydrogen) atoms. The lowest BCUT2D eigenvalue weighted by molar-refractivity contribution is 0.0696. The Labute approximate surface area is 138 Å². The zero-order valence-corrected chi connectivity index (χ0v) is 12.7. The van der Waals surface area contributed by atoms with Crippen molar-refractivity contribution < 1.29 is 14.3 Å². The zero-order chi connectivity index (χ0) is 16.9. The van der Waals surface area contributed by atoms with Crippen molar-refractivity contribution >= 4 is 5.97 Å². The monoisotopic (exact) mass is 325 g/mol. The van der Waals surface area contributed by atoms with Crippen molar-refractivity contribution in [2.24, 2.45) is 0 Å². The summed E-state index contributed by atoms with van der Waals surface area (Å²) in [6, 6.07) is 12.7. The molecule has 0 radical (unpaired) electrons. The number of hydrogen-bond donors (Lipinski definition) is 3. The van der Waals surface area contributed by atoms with Gasteiger partial charge in [0.15, 0.2) is 0 Å². The number of halogens is 1. The first-order valence-electron chi connectivity index (χ1n) is 7.43. The Bertz CT molecular complexity index is 834. The van der Waals surface area contributed by atoms with Gasteiger partial charge in [0.05, 0.1) is 23.6 Å². The molecule has 2 aromatic carbocycles. The SMILES string of the molecule is O=C(O)c1cccc(CNC(c2cccc(F)c2)c2c[nH]cn2)c1. The molecule has 0 saturated carbocycles. The minimum absolute atomic E-state index is 0.233. The van der Waals surface area contributed by atoms with E-state index in [1.165, 1.54) is 12.1 Å². The molecule has 0 fully saturated rings. The normalized spacial score (nSPS) is 12.0. The standard InChI is InChI=1S/C18H16FN3O2/c19-15-6-2-4-13(8-15)17(16-10-20-11-22-16)21-9-12-3-1-5-14(7-12)18(23)24/h1-8,10-11,17,21H,9H2,(H,20,22)(H,23,24). The molecule has 0 aliphatic heterocycles. The van der Waals surface area contributed by atoms with Crippen molar-refractivity contribution in [3.8, 4) is 0 Å². The van der Waals surface area contributed by atoms with Crippen molar-refractivity contribution in [1.29, 1.82) is 0 Å². The Hall–Kier alpha value is -2.99. The molecule has 0 aliphatic carbocycles. The number of nitrogens with zero attached hydrogens (tertiary/aromatic N) is 1. The van der Waals surface area contributed by atoms with E-state index in [0.29, 0.717) is 6.54 Å². The topological polar surface area (TPSA) is 78.0 Å². The van der Waals surface area contributed by atoms with E-state index in [9.17, 15) is 9.18 Å². The Kier molecular flexibility index (Phi) is 4.67. The largest absolute Gasteiger partial charge is 0.478 e. The van der Waals surface area contributed by atoms with Crippen LogP contribution < -0.4 is 5.32 Å². The fourth-order valence-electron chi connectivity index (χ4n) is 2.54. The van der Waals surface area contributed by atoms with E-state index in [0.717, 1.165) is 16.8 Å². The molecule has 1 aromatic heterocycles. The molecule has 0 amide bonds. The predicted molar refractivity (Wildman–Crippen MR) is 87.1 cm³/mol. The van der Waals surface area contributed by atoms with E-state index >= 15 is 0 Å². The number of hydrogen-bond acceptors (Lipinski definition) is 3. The van der Waals surface area contributed by atoms with Gasteiger partial charge in [-0.2, -0.15) is 0 Å². The molecular formula is C18H16FN3O2. The van der Waals surface area contributed by atoms with Crippen molar-refractivity contribution in [2.45, 2.75) is 12.6 Å². The number of aromatic nitrogens is 2. The van der Waals surface area contributed by atoms with Crippen LogP contribution in [-0.2, 0) is 6.54 Å². The highest BCUT2D eigenvalue weighted by Crippen LogP contribution is 2.21. The Morgan fingerprint density at radius 1 is 1.25 bits per heavy atom. The van der Waals surface area contributed by atoms with E-state index in [-0.39, 0.29) is 17.4 Å². The van der Waals surface area contributed by atoms with Gasteiger partial charge in [-0.1, -0.05) is 24.3 Å². The number of aromatic amines is 1. The summed E-state index contributed by atoms with van der Waals surface area (Å²) in [4.78, 5) is 18.2. The van der Waals surface area contributed by atoms with Crippen LogP contribution in [-0.4, -0.2) is 21.0 Å². The quantitative estimate of drug-likeness (QED) is 0.651. The number of rotatable bonds is 6. The molecule has 0 bridgehead atoms. The molecule has 122 valence electrons. The highest BCUT2D eigenvalue weighted by Gasteiger charge is 2.16. The van der Waals surface area contributed by atoms with E-state index in [1.807, 2.05) is 12.1 Å². The van der Waals surface area contributed by atoms with Gasteiger partial charge in [-0.3, -0.25) is 0 Å². The van der Waals surface area contributed by atoms with Crippen LogP contribution in [0.5, 0.6) is 0 Å². The highest BCUT2D eigenvalue weighted by molar-refractivity contribution is 5.87. The Morgan fingerprint density at radius 3 is 2.79 bits per heavy atom. The van der Waals surface area contributed by atoms with Gasteiger partial charge in [-0.15, -0.1) is 0 Å². The zero-order valence-electron chi connectivity index (χ0n) is 12.7. The van der Waals surface area contributed by atoms with Crippen molar-refractivity contribution in [1.82, 2.24) is 15.3 Å². The molecule has 5 nitrogen and oxygen atoms in total. The Morgan fingerprint density at radius 2 is 2.08 bits per heavy atom. The first-order chi connectivity index (χ1) is 11.6. The van der Waals surface area contributed by atoms with Crippen molar-refractivity contribution in [3.63, 3.8) is 0 Å². The van der Waals surface area contributed by atoms with Gasteiger partial charge in [0.1, 0.15) is 5.82 Å². The molecule has 3 aromatic rings. The summed E-state index contributed by atoms with van der Waals surface area (Å²) in [5.74, 6) is -1.28. The van der Waals surface area contributed by atoms with Crippen molar-refractivity contribution in [3.05, 3.63) is 89.3 Å². The fraction of sp³-hybridized carbons (Fsp3) is 0.111. The van der Waals surface area contributed by atoms with E-state index in [1.54, 1.807) is 36.8 Å². The fourth-order valence-corrected chi connectivity index (χ4v) is 2.54. The highest BCUT2D eigenvalue weighted by atomic mass is 19.1. The van der Waals surface area contributed by atoms with Gasteiger partial charge in [-0.05, 0) is 35.4 Å². The molecule has 1 unspecified atom stereocenters. The summed E-state index contributed by atoms with van der Waals surface area (Å²) in [6.07, 6.45) is 3.31. The van der Waals surface area contributed by atoms with Gasteiger partial charge in [0.2, 0.25) is 0 Å². The molecule has 1 heterocycles. The lowest BCUT2D eigenvalue weighted by Gasteiger charge is -2.18. The summed E-state index contributed by atoms with van der Waals surface area (Å²) in [5.41, 5.74) is 2.54. The molecular weight excluding hydrogens is 309 g/mol. The van der Waals surface area contributed by atoms with Crippen LogP contribution >= 0.6 is 0 Å². The maximum absolute atomic E-state index is 13.6. The van der Waals surface area contributed by atoms with Gasteiger partial charge >= 0.3 is 5.97 Å². The summed E-state index contributed by atoms with van der Waals surface area (Å²) in [7, 11) is 0. The first kappa shape index (κ1) is 15.9. The van der Waals surface area contributed by atoms with Gasteiger partial charge < -0.3 is 15.4 Å². The number of benzene rings is 2. The first-order valence-corrected chi connectivity index (χ1v) is 7.43. The molecule has 1 atom stereocenters. The smallest absolute Gasteiger partial charge is 0.335 e. The van der Waals surface area contributed by atoms with Crippen LogP contribution in [0.1, 0.15) is 33.2 Å². The third-order valence-corrected chi connectivity index (χ3v) is 3.68. The van der Waals surface area contributed by atoms with Crippen LogP contribution in [0, 0.1) is 5.82 Å². The third kappa shape index (κ3) is 3.67. The lowest BCUT2D eigenvalue weighted by Crippen LogP contribution is -2.22. The number of carbonyl (C=O) groups is 1. The van der Waals surface area contributed by atoms with E-state index < -0.39 is 5.97 Å². The van der Waals surface area contributed by atoms with Gasteiger partial charge in [-0.25, -0.2) is 14.2 Å². The van der Waals surface area contributed by atoms with Crippen LogP contribution in [0.2, 0.25) is 0 Å². The number of imidazole rings is 1. The minimum Gasteiger partial charge on any atom is -0.478 e. The second-order valence-electron chi connectivity index (χ2n) is 5.37. The average molecular weight is 325 g/mol. The number of carboxylic acids is 1. The van der Waals surface area contributed by atoms with Crippen LogP contribution in [0.15, 0.2) is 61.1 Å². The third-order valence-electron chi connectivity index (χ3n) is 3.68. The second kappa shape index (κ2) is 7.06. The number of carboxylic acid groups (broad SMARTS) is 1. The number of H-pyrrole nitrogens is 1. The summed E-state index contributed by atoms with van der Waals surface area (Å²) >= 11 is 0. The lowest BCUT2D eigenvalue weighted by atomic mass is 10.0. The molecule has 3 rings (SSSR count). The maximum atomic E-state index is 13.6. The van der Waals surface area contributed by atoms with Gasteiger partial charge in [0.25, 0.3) is 0 Å².